The van der Waals surface area contributed by atoms with Crippen LogP contribution in [0.4, 0.5) is 18.9 Å². The second-order valence-electron chi connectivity index (χ2n) is 3.67. The molecular formula is C11H10F3N3O. The van der Waals surface area contributed by atoms with Gasteiger partial charge in [-0.05, 0) is 18.2 Å². The molecule has 1 aromatic heterocycles. The quantitative estimate of drug-likeness (QED) is 0.841. The Morgan fingerprint density at radius 3 is 2.56 bits per heavy atom. The fourth-order valence-corrected chi connectivity index (χ4v) is 1.37. The van der Waals surface area contributed by atoms with Gasteiger partial charge in [0.15, 0.2) is 5.75 Å². The van der Waals surface area contributed by atoms with Crippen molar-refractivity contribution < 1.29 is 17.9 Å². The van der Waals surface area contributed by atoms with Crippen LogP contribution >= 0.6 is 0 Å². The van der Waals surface area contributed by atoms with E-state index in [1.54, 1.807) is 17.8 Å². The lowest BCUT2D eigenvalue weighted by Gasteiger charge is -2.11. The third-order valence-electron chi connectivity index (χ3n) is 2.32. The fraction of sp³-hybridized carbons (Fsp3) is 0.182. The molecule has 1 aromatic carbocycles. The predicted molar refractivity (Wildman–Crippen MR) is 59.1 cm³/mol. The van der Waals surface area contributed by atoms with Crippen molar-refractivity contribution in [2.45, 2.75) is 6.18 Å². The number of hydrogen-bond acceptors (Lipinski definition) is 3. The standard InChI is InChI=1S/C11H10F3N3O/c1-17-5-4-16-10(17)18-9-3-2-7(6-8(9)15)11(12,13)14/h2-6H,15H2,1H3. The Kier molecular flexibility index (Phi) is 2.90. The van der Waals surface area contributed by atoms with Crippen molar-refractivity contribution in [2.75, 3.05) is 5.73 Å². The summed E-state index contributed by atoms with van der Waals surface area (Å²) in [6.07, 6.45) is -1.26. The molecule has 2 N–H and O–H groups in total. The van der Waals surface area contributed by atoms with E-state index in [0.29, 0.717) is 0 Å². The first kappa shape index (κ1) is 12.3. The molecule has 0 amide bonds. The molecule has 0 bridgehead atoms. The third-order valence-corrected chi connectivity index (χ3v) is 2.32. The molecule has 96 valence electrons. The highest BCUT2D eigenvalue weighted by Crippen LogP contribution is 2.34. The minimum Gasteiger partial charge on any atom is -0.423 e. The van der Waals surface area contributed by atoms with Gasteiger partial charge in [-0.15, -0.1) is 0 Å². The van der Waals surface area contributed by atoms with Crippen LogP contribution in [0.2, 0.25) is 0 Å². The van der Waals surface area contributed by atoms with Gasteiger partial charge in [0.05, 0.1) is 11.3 Å². The summed E-state index contributed by atoms with van der Waals surface area (Å²) in [5.74, 6) is 0.136. The Morgan fingerprint density at radius 1 is 1.33 bits per heavy atom. The number of halogens is 3. The number of anilines is 1. The molecule has 1 heterocycles. The maximum Gasteiger partial charge on any atom is 0.416 e. The number of alkyl halides is 3. The topological polar surface area (TPSA) is 53.1 Å². The van der Waals surface area contributed by atoms with Gasteiger partial charge in [0, 0.05) is 19.4 Å². The van der Waals surface area contributed by atoms with Crippen molar-refractivity contribution >= 4 is 5.69 Å². The number of ether oxygens (including phenoxy) is 1. The van der Waals surface area contributed by atoms with E-state index in [2.05, 4.69) is 4.98 Å². The SMILES string of the molecule is Cn1ccnc1Oc1ccc(C(F)(F)F)cc1N. The second kappa shape index (κ2) is 4.25. The summed E-state index contributed by atoms with van der Waals surface area (Å²) in [6.45, 7) is 0. The van der Waals surface area contributed by atoms with Gasteiger partial charge >= 0.3 is 12.2 Å². The molecule has 0 aliphatic rings. The molecule has 18 heavy (non-hydrogen) atoms. The number of benzene rings is 1. The van der Waals surface area contributed by atoms with Gasteiger partial charge in [0.2, 0.25) is 0 Å². The summed E-state index contributed by atoms with van der Waals surface area (Å²) in [5.41, 5.74) is 4.62. The van der Waals surface area contributed by atoms with Crippen LogP contribution in [0.3, 0.4) is 0 Å². The van der Waals surface area contributed by atoms with Gasteiger partial charge in [-0.1, -0.05) is 0 Å². The Bertz CT molecular complexity index is 563. The van der Waals surface area contributed by atoms with Crippen molar-refractivity contribution in [2.24, 2.45) is 7.05 Å². The first-order chi connectivity index (χ1) is 8.38. The van der Waals surface area contributed by atoms with E-state index >= 15 is 0 Å². The lowest BCUT2D eigenvalue weighted by molar-refractivity contribution is -0.137. The monoisotopic (exact) mass is 257 g/mol. The van der Waals surface area contributed by atoms with E-state index < -0.39 is 11.7 Å². The highest BCUT2D eigenvalue weighted by molar-refractivity contribution is 5.55. The number of imidazole rings is 1. The van der Waals surface area contributed by atoms with Crippen LogP contribution in [0.25, 0.3) is 0 Å². The zero-order valence-electron chi connectivity index (χ0n) is 9.40. The minimum atomic E-state index is -4.42. The van der Waals surface area contributed by atoms with E-state index in [0.717, 1.165) is 12.1 Å². The average Bonchev–Trinajstić information content (AvgIpc) is 2.66. The van der Waals surface area contributed by atoms with Crippen molar-refractivity contribution in [3.63, 3.8) is 0 Å². The number of aromatic nitrogens is 2. The molecule has 4 nitrogen and oxygen atoms in total. The molecule has 0 aliphatic carbocycles. The molecule has 0 radical (unpaired) electrons. The van der Waals surface area contributed by atoms with Crippen LogP contribution in [-0.4, -0.2) is 9.55 Å². The molecule has 0 aliphatic heterocycles. The predicted octanol–water partition coefficient (Wildman–Crippen LogP) is 2.81. The Hall–Kier alpha value is -2.18. The van der Waals surface area contributed by atoms with Gasteiger partial charge in [-0.25, -0.2) is 4.98 Å². The molecule has 0 saturated heterocycles. The Morgan fingerprint density at radius 2 is 2.06 bits per heavy atom. The lowest BCUT2D eigenvalue weighted by atomic mass is 10.2. The van der Waals surface area contributed by atoms with E-state index in [9.17, 15) is 13.2 Å². The molecule has 0 unspecified atom stereocenters. The largest absolute Gasteiger partial charge is 0.423 e. The Labute approximate surface area is 101 Å². The van der Waals surface area contributed by atoms with Crippen LogP contribution in [-0.2, 0) is 13.2 Å². The number of rotatable bonds is 2. The summed E-state index contributed by atoms with van der Waals surface area (Å²) in [6, 6.07) is 3.17. The van der Waals surface area contributed by atoms with E-state index in [4.69, 9.17) is 10.5 Å². The number of nitrogen functional groups attached to an aromatic ring is 1. The fourth-order valence-electron chi connectivity index (χ4n) is 1.37. The lowest BCUT2D eigenvalue weighted by Crippen LogP contribution is -2.06. The van der Waals surface area contributed by atoms with Crippen LogP contribution in [0, 0.1) is 0 Å². The van der Waals surface area contributed by atoms with E-state index in [-0.39, 0.29) is 17.4 Å². The van der Waals surface area contributed by atoms with E-state index in [1.807, 2.05) is 0 Å². The van der Waals surface area contributed by atoms with Gasteiger partial charge in [-0.3, -0.25) is 0 Å². The van der Waals surface area contributed by atoms with Gasteiger partial charge in [0.1, 0.15) is 0 Å². The number of nitrogens with zero attached hydrogens (tertiary/aromatic N) is 2. The summed E-state index contributed by atoms with van der Waals surface area (Å²) in [7, 11) is 1.70. The maximum atomic E-state index is 12.4. The normalized spacial score (nSPS) is 11.6. The van der Waals surface area contributed by atoms with Crippen molar-refractivity contribution in [1.29, 1.82) is 0 Å². The number of aryl methyl sites for hydroxylation is 1. The number of hydrogen-bond donors (Lipinski definition) is 1. The van der Waals surface area contributed by atoms with Crippen molar-refractivity contribution in [3.05, 3.63) is 36.2 Å². The summed E-state index contributed by atoms with van der Waals surface area (Å²) >= 11 is 0. The first-order valence-electron chi connectivity index (χ1n) is 5.00. The first-order valence-corrected chi connectivity index (χ1v) is 5.00. The van der Waals surface area contributed by atoms with Crippen LogP contribution < -0.4 is 10.5 Å². The van der Waals surface area contributed by atoms with Gasteiger partial charge < -0.3 is 15.0 Å². The number of nitrogens with two attached hydrogens (primary N) is 1. The molecule has 2 aromatic rings. The third kappa shape index (κ3) is 2.39. The molecule has 0 spiro atoms. The van der Waals surface area contributed by atoms with Crippen molar-refractivity contribution in [1.82, 2.24) is 9.55 Å². The van der Waals surface area contributed by atoms with E-state index in [1.165, 1.54) is 12.3 Å². The summed E-state index contributed by atoms with van der Waals surface area (Å²) in [4.78, 5) is 3.89. The molecule has 7 heteroatoms. The van der Waals surface area contributed by atoms with Crippen molar-refractivity contribution in [3.8, 4) is 11.8 Å². The molecule has 0 atom stereocenters. The molecule has 0 saturated carbocycles. The Balaban J connectivity index is 2.29. The maximum absolute atomic E-state index is 12.4. The smallest absolute Gasteiger partial charge is 0.416 e. The highest BCUT2D eigenvalue weighted by Gasteiger charge is 2.31. The zero-order chi connectivity index (χ0) is 13.3. The summed E-state index contributed by atoms with van der Waals surface area (Å²) < 4.78 is 44.2. The molecule has 0 fully saturated rings. The van der Waals surface area contributed by atoms with Crippen LogP contribution in [0.15, 0.2) is 30.6 Å². The minimum absolute atomic E-state index is 0.0900. The van der Waals surface area contributed by atoms with Gasteiger partial charge in [-0.2, -0.15) is 13.2 Å². The zero-order valence-corrected chi connectivity index (χ0v) is 9.40. The highest BCUT2D eigenvalue weighted by atomic mass is 19.4. The summed E-state index contributed by atoms with van der Waals surface area (Å²) in [5, 5.41) is 0. The van der Waals surface area contributed by atoms with Gasteiger partial charge in [0.25, 0.3) is 0 Å². The second-order valence-corrected chi connectivity index (χ2v) is 3.67. The molecule has 2 rings (SSSR count). The van der Waals surface area contributed by atoms with Crippen LogP contribution in [0.1, 0.15) is 5.56 Å². The molecular weight excluding hydrogens is 247 g/mol. The van der Waals surface area contributed by atoms with Crippen LogP contribution in [0.5, 0.6) is 11.8 Å². The average molecular weight is 257 g/mol.